The number of ether oxygens (including phenoxy) is 2. The third kappa shape index (κ3) is 6.91. The summed E-state index contributed by atoms with van der Waals surface area (Å²) in [4.78, 5) is 25.7. The average molecular weight is 498 g/mol. The first kappa shape index (κ1) is 25.9. The van der Waals surface area contributed by atoms with Crippen molar-refractivity contribution in [1.29, 1.82) is 0 Å². The zero-order valence-corrected chi connectivity index (χ0v) is 20.0. The van der Waals surface area contributed by atoms with Crippen LogP contribution in [0.25, 0.3) is 0 Å². The fourth-order valence-corrected chi connectivity index (χ4v) is 4.41. The summed E-state index contributed by atoms with van der Waals surface area (Å²) in [6.07, 6.45) is 0. The third-order valence-electron chi connectivity index (χ3n) is 5.20. The Labute approximate surface area is 204 Å². The molecule has 0 aliphatic rings. The highest BCUT2D eigenvalue weighted by Crippen LogP contribution is 2.30. The number of hydrogen-bond acceptors (Lipinski definition) is 8. The molecular weight excluding hydrogens is 470 g/mol. The van der Waals surface area contributed by atoms with Crippen LogP contribution in [-0.2, 0) is 35.8 Å². The molecule has 0 heterocycles. The maximum absolute atomic E-state index is 13.1. The number of carbonyl (C=O) groups excluding carboxylic acids is 2. The van der Waals surface area contributed by atoms with E-state index in [4.69, 9.17) is 19.4 Å². The second kappa shape index (κ2) is 12.1. The van der Waals surface area contributed by atoms with Crippen molar-refractivity contribution in [2.24, 2.45) is 11.7 Å². The van der Waals surface area contributed by atoms with Gasteiger partial charge in [-0.15, -0.1) is 0 Å². The van der Waals surface area contributed by atoms with E-state index in [1.807, 2.05) is 30.3 Å². The lowest BCUT2D eigenvalue weighted by molar-refractivity contribution is -0.157. The van der Waals surface area contributed by atoms with Crippen molar-refractivity contribution < 1.29 is 31.7 Å². The summed E-state index contributed by atoms with van der Waals surface area (Å²) >= 11 is 0. The van der Waals surface area contributed by atoms with Gasteiger partial charge in [0.1, 0.15) is 17.3 Å². The molecule has 0 radical (unpaired) electrons. The summed E-state index contributed by atoms with van der Waals surface area (Å²) < 4.78 is 40.8. The summed E-state index contributed by atoms with van der Waals surface area (Å²) in [5.41, 5.74) is 7.05. The van der Waals surface area contributed by atoms with Gasteiger partial charge in [0.15, 0.2) is 0 Å². The molecule has 0 saturated heterocycles. The van der Waals surface area contributed by atoms with Crippen molar-refractivity contribution in [3.05, 3.63) is 96.1 Å². The second-order valence-corrected chi connectivity index (χ2v) is 9.13. The summed E-state index contributed by atoms with van der Waals surface area (Å²) in [6, 6.07) is 22.7. The van der Waals surface area contributed by atoms with E-state index in [2.05, 4.69) is 0 Å². The van der Waals surface area contributed by atoms with Gasteiger partial charge in [0.05, 0.1) is 18.4 Å². The standard InChI is InChI=1S/C26H27NO7S/c1-2-32-25(28)23(17-27)24(26(29)33-18-19-9-5-3-6-10-19)20-13-15-21(16-14-20)34-35(30,31)22-11-7-4-8-12-22/h3-16,23-24H,2,17-18,27H2,1H3. The van der Waals surface area contributed by atoms with Crippen molar-refractivity contribution in [1.82, 2.24) is 0 Å². The van der Waals surface area contributed by atoms with Crippen molar-refractivity contribution in [3.8, 4) is 5.75 Å². The molecule has 9 heteroatoms. The molecular formula is C26H27NO7S. The minimum atomic E-state index is -4.03. The molecule has 0 saturated carbocycles. The molecule has 184 valence electrons. The molecule has 2 atom stereocenters. The van der Waals surface area contributed by atoms with Crippen LogP contribution in [-0.4, -0.2) is 33.5 Å². The summed E-state index contributed by atoms with van der Waals surface area (Å²) in [6.45, 7) is 1.66. The van der Waals surface area contributed by atoms with Gasteiger partial charge in [-0.05, 0) is 42.3 Å². The Hall–Kier alpha value is -3.69. The van der Waals surface area contributed by atoms with E-state index >= 15 is 0 Å². The van der Waals surface area contributed by atoms with Crippen LogP contribution < -0.4 is 9.92 Å². The van der Waals surface area contributed by atoms with Gasteiger partial charge in [-0.3, -0.25) is 9.59 Å². The van der Waals surface area contributed by atoms with E-state index in [1.54, 1.807) is 25.1 Å². The monoisotopic (exact) mass is 497 g/mol. The predicted octanol–water partition coefficient (Wildman–Crippen LogP) is 3.42. The molecule has 2 N–H and O–H groups in total. The number of nitrogens with two attached hydrogens (primary N) is 1. The molecule has 0 bridgehead atoms. The number of hydrogen-bond donors (Lipinski definition) is 1. The molecule has 35 heavy (non-hydrogen) atoms. The van der Waals surface area contributed by atoms with Gasteiger partial charge in [-0.25, -0.2) is 0 Å². The van der Waals surface area contributed by atoms with Crippen molar-refractivity contribution >= 4 is 22.1 Å². The maximum Gasteiger partial charge on any atom is 0.339 e. The van der Waals surface area contributed by atoms with Gasteiger partial charge < -0.3 is 19.4 Å². The molecule has 0 amide bonds. The zero-order valence-electron chi connectivity index (χ0n) is 19.2. The number of benzene rings is 3. The van der Waals surface area contributed by atoms with E-state index < -0.39 is 33.9 Å². The topological polar surface area (TPSA) is 122 Å². The van der Waals surface area contributed by atoms with E-state index in [-0.39, 0.29) is 30.4 Å². The molecule has 0 aromatic heterocycles. The first-order valence-electron chi connectivity index (χ1n) is 11.0. The summed E-state index contributed by atoms with van der Waals surface area (Å²) in [5, 5.41) is 0. The molecule has 8 nitrogen and oxygen atoms in total. The lowest BCUT2D eigenvalue weighted by Crippen LogP contribution is -2.36. The Morgan fingerprint density at radius 3 is 2.00 bits per heavy atom. The Kier molecular flexibility index (Phi) is 8.99. The van der Waals surface area contributed by atoms with Gasteiger partial charge in [-0.1, -0.05) is 60.7 Å². The molecule has 3 aromatic rings. The van der Waals surface area contributed by atoms with Crippen LogP contribution in [0.1, 0.15) is 24.0 Å². The van der Waals surface area contributed by atoms with Gasteiger partial charge in [0.25, 0.3) is 0 Å². The summed E-state index contributed by atoms with van der Waals surface area (Å²) in [5.74, 6) is -3.26. The Morgan fingerprint density at radius 2 is 1.43 bits per heavy atom. The van der Waals surface area contributed by atoms with Crippen LogP contribution in [0.3, 0.4) is 0 Å². The molecule has 3 rings (SSSR count). The largest absolute Gasteiger partial charge is 0.466 e. The van der Waals surface area contributed by atoms with E-state index in [0.29, 0.717) is 5.56 Å². The van der Waals surface area contributed by atoms with Crippen LogP contribution in [0.4, 0.5) is 0 Å². The van der Waals surface area contributed by atoms with Crippen LogP contribution in [0.2, 0.25) is 0 Å². The van der Waals surface area contributed by atoms with Crippen molar-refractivity contribution in [2.45, 2.75) is 24.3 Å². The minimum Gasteiger partial charge on any atom is -0.466 e. The van der Waals surface area contributed by atoms with Gasteiger partial charge in [0, 0.05) is 6.54 Å². The number of rotatable bonds is 11. The first-order chi connectivity index (χ1) is 16.9. The number of carbonyl (C=O) groups is 2. The predicted molar refractivity (Wildman–Crippen MR) is 129 cm³/mol. The fourth-order valence-electron chi connectivity index (χ4n) is 3.46. The lowest BCUT2D eigenvalue weighted by atomic mass is 9.86. The van der Waals surface area contributed by atoms with Crippen molar-refractivity contribution in [2.75, 3.05) is 13.2 Å². The highest BCUT2D eigenvalue weighted by molar-refractivity contribution is 7.87. The average Bonchev–Trinajstić information content (AvgIpc) is 2.87. The third-order valence-corrected chi connectivity index (χ3v) is 6.46. The Bertz CT molecular complexity index is 1210. The Balaban J connectivity index is 1.84. The smallest absolute Gasteiger partial charge is 0.339 e. The molecule has 0 aliphatic carbocycles. The molecule has 0 aliphatic heterocycles. The summed E-state index contributed by atoms with van der Waals surface area (Å²) in [7, 11) is -4.03. The van der Waals surface area contributed by atoms with Crippen molar-refractivity contribution in [3.63, 3.8) is 0 Å². The lowest BCUT2D eigenvalue weighted by Gasteiger charge is -2.24. The maximum atomic E-state index is 13.1. The second-order valence-electron chi connectivity index (χ2n) is 7.58. The quantitative estimate of drug-likeness (QED) is 0.316. The van der Waals surface area contributed by atoms with E-state index in [0.717, 1.165) is 5.56 Å². The van der Waals surface area contributed by atoms with E-state index in [1.165, 1.54) is 36.4 Å². The highest BCUT2D eigenvalue weighted by atomic mass is 32.2. The van der Waals surface area contributed by atoms with Crippen LogP contribution >= 0.6 is 0 Å². The molecule has 0 spiro atoms. The fraction of sp³-hybridized carbons (Fsp3) is 0.231. The van der Waals surface area contributed by atoms with Gasteiger partial charge in [0.2, 0.25) is 0 Å². The number of esters is 2. The minimum absolute atomic E-state index is 0.0111. The molecule has 2 unspecified atom stereocenters. The SMILES string of the molecule is CCOC(=O)C(CN)C(C(=O)OCc1ccccc1)c1ccc(OS(=O)(=O)c2ccccc2)cc1. The van der Waals surface area contributed by atoms with E-state index in [9.17, 15) is 18.0 Å². The zero-order chi connectivity index (χ0) is 25.3. The Morgan fingerprint density at radius 1 is 0.829 bits per heavy atom. The van der Waals surface area contributed by atoms with Gasteiger partial charge in [-0.2, -0.15) is 8.42 Å². The van der Waals surface area contributed by atoms with Crippen LogP contribution in [0.5, 0.6) is 5.75 Å². The molecule has 3 aromatic carbocycles. The first-order valence-corrected chi connectivity index (χ1v) is 12.4. The highest BCUT2D eigenvalue weighted by Gasteiger charge is 2.36. The van der Waals surface area contributed by atoms with Crippen LogP contribution in [0, 0.1) is 5.92 Å². The van der Waals surface area contributed by atoms with Gasteiger partial charge >= 0.3 is 22.1 Å². The normalized spacial score (nSPS) is 12.9. The van der Waals surface area contributed by atoms with Crippen LogP contribution in [0.15, 0.2) is 89.8 Å². The molecule has 0 fully saturated rings.